The van der Waals surface area contributed by atoms with E-state index in [2.05, 4.69) is 5.32 Å². The van der Waals surface area contributed by atoms with Crippen LogP contribution in [0, 0.1) is 5.82 Å². The summed E-state index contributed by atoms with van der Waals surface area (Å²) in [5.74, 6) is -0.411. The van der Waals surface area contributed by atoms with Crippen molar-refractivity contribution in [1.29, 1.82) is 0 Å². The number of hydrogen-bond donors (Lipinski definition) is 1. The van der Waals surface area contributed by atoms with Crippen molar-refractivity contribution in [2.24, 2.45) is 0 Å². The highest BCUT2D eigenvalue weighted by Crippen LogP contribution is 2.26. The van der Waals surface area contributed by atoms with Gasteiger partial charge in [-0.25, -0.2) is 4.39 Å². The Balaban J connectivity index is 2.26. The van der Waals surface area contributed by atoms with E-state index in [1.165, 1.54) is 19.1 Å². The van der Waals surface area contributed by atoms with Crippen LogP contribution in [0.15, 0.2) is 48.5 Å². The molecule has 0 aliphatic carbocycles. The molecule has 3 nitrogen and oxygen atoms in total. The van der Waals surface area contributed by atoms with E-state index in [4.69, 9.17) is 4.74 Å². The van der Waals surface area contributed by atoms with Crippen LogP contribution >= 0.6 is 0 Å². The van der Waals surface area contributed by atoms with Crippen LogP contribution in [-0.2, 0) is 9.53 Å². The molecule has 0 aliphatic rings. The highest BCUT2D eigenvalue weighted by atomic mass is 19.1. The van der Waals surface area contributed by atoms with Gasteiger partial charge in [0.25, 0.3) is 0 Å². The van der Waals surface area contributed by atoms with E-state index in [0.29, 0.717) is 0 Å². The van der Waals surface area contributed by atoms with Gasteiger partial charge in [-0.05, 0) is 35.4 Å². The molecule has 2 aromatic carbocycles. The van der Waals surface area contributed by atoms with Gasteiger partial charge < -0.3 is 10.1 Å². The Hall–Kier alpha value is -2.20. The van der Waals surface area contributed by atoms with Crippen LogP contribution in [0.4, 0.5) is 10.1 Å². The molecule has 4 heteroatoms. The van der Waals surface area contributed by atoms with Crippen LogP contribution in [-0.4, -0.2) is 13.0 Å². The molecule has 0 saturated carbocycles. The molecule has 2 rings (SSSR count). The second-order valence-corrected chi connectivity index (χ2v) is 4.47. The van der Waals surface area contributed by atoms with Gasteiger partial charge in [0.2, 0.25) is 5.91 Å². The number of methoxy groups -OCH3 is 1. The lowest BCUT2D eigenvalue weighted by atomic mass is 10.0. The molecule has 2 aromatic rings. The maximum Gasteiger partial charge on any atom is 0.221 e. The number of nitrogens with one attached hydrogen (secondary N) is 1. The average molecular weight is 273 g/mol. The number of hydrogen-bond acceptors (Lipinski definition) is 2. The zero-order valence-corrected chi connectivity index (χ0v) is 11.4. The van der Waals surface area contributed by atoms with Crippen LogP contribution < -0.4 is 5.32 Å². The van der Waals surface area contributed by atoms with Crippen molar-refractivity contribution < 1.29 is 13.9 Å². The third-order valence-corrected chi connectivity index (χ3v) is 2.92. The van der Waals surface area contributed by atoms with Crippen LogP contribution in [0.5, 0.6) is 0 Å². The second-order valence-electron chi connectivity index (χ2n) is 4.47. The highest BCUT2D eigenvalue weighted by Gasteiger charge is 2.13. The number of ether oxygens (including phenoxy) is 1. The van der Waals surface area contributed by atoms with Gasteiger partial charge in [0.05, 0.1) is 0 Å². The molecule has 0 fully saturated rings. The molecule has 0 radical (unpaired) electrons. The Morgan fingerprint density at radius 3 is 2.40 bits per heavy atom. The number of rotatable bonds is 4. The minimum Gasteiger partial charge on any atom is -0.372 e. The predicted molar refractivity (Wildman–Crippen MR) is 76.0 cm³/mol. The lowest BCUT2D eigenvalue weighted by molar-refractivity contribution is -0.114. The zero-order chi connectivity index (χ0) is 14.5. The number of amides is 1. The summed E-state index contributed by atoms with van der Waals surface area (Å²) in [5.41, 5.74) is 2.36. The Kier molecular flexibility index (Phi) is 4.48. The first-order valence-electron chi connectivity index (χ1n) is 6.26. The lowest BCUT2D eigenvalue weighted by Crippen LogP contribution is -2.07. The molecule has 1 N–H and O–H groups in total. The van der Waals surface area contributed by atoms with Gasteiger partial charge in [-0.15, -0.1) is 0 Å². The van der Waals surface area contributed by atoms with E-state index < -0.39 is 0 Å². The van der Waals surface area contributed by atoms with E-state index in [0.717, 1.165) is 16.8 Å². The second kappa shape index (κ2) is 6.30. The van der Waals surface area contributed by atoms with Gasteiger partial charge in [0.15, 0.2) is 0 Å². The molecule has 1 unspecified atom stereocenters. The minimum atomic E-state index is -0.336. The van der Waals surface area contributed by atoms with E-state index in [1.54, 1.807) is 25.3 Å². The van der Waals surface area contributed by atoms with E-state index in [9.17, 15) is 9.18 Å². The molecule has 0 heterocycles. The van der Waals surface area contributed by atoms with Crippen molar-refractivity contribution in [2.45, 2.75) is 13.0 Å². The van der Waals surface area contributed by atoms with Crippen molar-refractivity contribution in [3.63, 3.8) is 0 Å². The molecular weight excluding hydrogens is 257 g/mol. The Morgan fingerprint density at radius 2 is 1.85 bits per heavy atom. The smallest absolute Gasteiger partial charge is 0.221 e. The SMILES string of the molecule is COC(c1ccc(NC(C)=O)cc1)c1cccc(F)c1. The molecule has 20 heavy (non-hydrogen) atoms. The van der Waals surface area contributed by atoms with Gasteiger partial charge in [0, 0.05) is 19.7 Å². The summed E-state index contributed by atoms with van der Waals surface area (Å²) >= 11 is 0. The fraction of sp³-hybridized carbons (Fsp3) is 0.188. The largest absolute Gasteiger partial charge is 0.372 e. The molecule has 104 valence electrons. The Morgan fingerprint density at radius 1 is 1.15 bits per heavy atom. The third-order valence-electron chi connectivity index (χ3n) is 2.92. The maximum absolute atomic E-state index is 13.3. The fourth-order valence-corrected chi connectivity index (χ4v) is 2.08. The summed E-state index contributed by atoms with van der Waals surface area (Å²) in [6.45, 7) is 1.46. The highest BCUT2D eigenvalue weighted by molar-refractivity contribution is 5.88. The normalized spacial score (nSPS) is 11.9. The van der Waals surface area contributed by atoms with Gasteiger partial charge >= 0.3 is 0 Å². The topological polar surface area (TPSA) is 38.3 Å². The number of halogens is 1. The van der Waals surface area contributed by atoms with Crippen LogP contribution in [0.3, 0.4) is 0 Å². The third kappa shape index (κ3) is 3.42. The molecule has 1 atom stereocenters. The van der Waals surface area contributed by atoms with Crippen molar-refractivity contribution in [1.82, 2.24) is 0 Å². The van der Waals surface area contributed by atoms with Crippen LogP contribution in [0.1, 0.15) is 24.2 Å². The first-order chi connectivity index (χ1) is 9.60. The molecule has 0 aliphatic heterocycles. The number of benzene rings is 2. The predicted octanol–water partition coefficient (Wildman–Crippen LogP) is 3.52. The zero-order valence-electron chi connectivity index (χ0n) is 11.4. The van der Waals surface area contributed by atoms with Crippen molar-refractivity contribution in [2.75, 3.05) is 12.4 Å². The number of carbonyl (C=O) groups is 1. The van der Waals surface area contributed by atoms with Gasteiger partial charge in [-0.2, -0.15) is 0 Å². The van der Waals surface area contributed by atoms with Gasteiger partial charge in [-0.3, -0.25) is 4.79 Å². The molecule has 0 bridgehead atoms. The molecule has 0 spiro atoms. The quantitative estimate of drug-likeness (QED) is 0.925. The standard InChI is InChI=1S/C16H16FNO2/c1-11(19)18-15-8-6-12(7-9-15)16(20-2)13-4-3-5-14(17)10-13/h3-10,16H,1-2H3,(H,18,19). The van der Waals surface area contributed by atoms with Crippen molar-refractivity contribution in [3.8, 4) is 0 Å². The summed E-state index contributed by atoms with van der Waals surface area (Å²) in [7, 11) is 1.58. The lowest BCUT2D eigenvalue weighted by Gasteiger charge is -2.17. The first kappa shape index (κ1) is 14.2. The maximum atomic E-state index is 13.3. The number of anilines is 1. The summed E-state index contributed by atoms with van der Waals surface area (Å²) in [6, 6.07) is 13.6. The summed E-state index contributed by atoms with van der Waals surface area (Å²) in [6.07, 6.45) is -0.336. The molecule has 0 saturated heterocycles. The first-order valence-corrected chi connectivity index (χ1v) is 6.26. The average Bonchev–Trinajstić information content (AvgIpc) is 2.41. The number of carbonyl (C=O) groups excluding carboxylic acids is 1. The van der Waals surface area contributed by atoms with E-state index in [-0.39, 0.29) is 17.8 Å². The van der Waals surface area contributed by atoms with Gasteiger partial charge in [-0.1, -0.05) is 24.3 Å². The van der Waals surface area contributed by atoms with E-state index in [1.807, 2.05) is 18.2 Å². The Labute approximate surface area is 117 Å². The van der Waals surface area contributed by atoms with Gasteiger partial charge in [0.1, 0.15) is 11.9 Å². The molecule has 0 aromatic heterocycles. The molecule has 1 amide bonds. The van der Waals surface area contributed by atoms with Crippen LogP contribution in [0.2, 0.25) is 0 Å². The van der Waals surface area contributed by atoms with E-state index >= 15 is 0 Å². The minimum absolute atomic E-state index is 0.119. The monoisotopic (exact) mass is 273 g/mol. The summed E-state index contributed by atoms with van der Waals surface area (Å²) in [5, 5.41) is 2.70. The van der Waals surface area contributed by atoms with Crippen LogP contribution in [0.25, 0.3) is 0 Å². The molecular formula is C16H16FNO2. The fourth-order valence-electron chi connectivity index (χ4n) is 2.08. The summed E-state index contributed by atoms with van der Waals surface area (Å²) < 4.78 is 18.7. The summed E-state index contributed by atoms with van der Waals surface area (Å²) in [4.78, 5) is 11.0. The Bertz CT molecular complexity index is 596. The van der Waals surface area contributed by atoms with Crippen molar-refractivity contribution >= 4 is 11.6 Å². The van der Waals surface area contributed by atoms with Crippen molar-refractivity contribution in [3.05, 3.63) is 65.5 Å².